The third-order valence-corrected chi connectivity index (χ3v) is 2.68. The first-order valence-corrected chi connectivity index (χ1v) is 5.82. The topological polar surface area (TPSA) is 48.1 Å². The molecule has 0 saturated carbocycles. The van der Waals surface area contributed by atoms with Crippen molar-refractivity contribution in [1.29, 1.82) is 0 Å². The standard InChI is InChI=1S/C14H14F2N2O/c1-8-5-10(9(2)17)7-18-14(8)19-11-3-4-12(15)13(16)6-11/h3-7,9H,17H2,1-2H3. The van der Waals surface area contributed by atoms with Crippen LogP contribution in [-0.2, 0) is 0 Å². The van der Waals surface area contributed by atoms with Crippen LogP contribution in [0.5, 0.6) is 11.6 Å². The largest absolute Gasteiger partial charge is 0.439 e. The Hall–Kier alpha value is -2.01. The molecular formula is C14H14F2N2O. The zero-order chi connectivity index (χ0) is 14.0. The highest BCUT2D eigenvalue weighted by atomic mass is 19.2. The Bertz CT molecular complexity index is 600. The molecule has 0 aliphatic rings. The predicted octanol–water partition coefficient (Wildman–Crippen LogP) is 3.48. The van der Waals surface area contributed by atoms with Crippen molar-refractivity contribution in [2.24, 2.45) is 5.73 Å². The smallest absolute Gasteiger partial charge is 0.222 e. The maximum Gasteiger partial charge on any atom is 0.222 e. The number of nitrogens with zero attached hydrogens (tertiary/aromatic N) is 1. The van der Waals surface area contributed by atoms with Crippen molar-refractivity contribution in [2.75, 3.05) is 0 Å². The number of aryl methyl sites for hydroxylation is 1. The Labute approximate surface area is 110 Å². The average molecular weight is 264 g/mol. The minimum atomic E-state index is -0.956. The van der Waals surface area contributed by atoms with E-state index in [1.807, 2.05) is 19.9 Å². The van der Waals surface area contributed by atoms with E-state index in [4.69, 9.17) is 10.5 Å². The molecule has 0 aliphatic heterocycles. The first kappa shape index (κ1) is 13.4. The zero-order valence-electron chi connectivity index (χ0n) is 10.7. The van der Waals surface area contributed by atoms with Gasteiger partial charge in [0, 0.05) is 23.9 Å². The van der Waals surface area contributed by atoms with Crippen molar-refractivity contribution in [3.05, 3.63) is 53.2 Å². The molecule has 0 aliphatic carbocycles. The van der Waals surface area contributed by atoms with E-state index in [0.29, 0.717) is 5.88 Å². The molecule has 0 fully saturated rings. The van der Waals surface area contributed by atoms with E-state index in [2.05, 4.69) is 4.98 Å². The van der Waals surface area contributed by atoms with Crippen LogP contribution in [0.1, 0.15) is 24.1 Å². The summed E-state index contributed by atoms with van der Waals surface area (Å²) in [6, 6.07) is 5.07. The second-order valence-corrected chi connectivity index (χ2v) is 4.36. The summed E-state index contributed by atoms with van der Waals surface area (Å²) in [5, 5.41) is 0. The molecule has 0 saturated heterocycles. The monoisotopic (exact) mass is 264 g/mol. The second-order valence-electron chi connectivity index (χ2n) is 4.36. The number of aromatic nitrogens is 1. The average Bonchev–Trinajstić information content (AvgIpc) is 2.36. The molecule has 1 unspecified atom stereocenters. The number of rotatable bonds is 3. The maximum atomic E-state index is 13.1. The molecule has 2 aromatic rings. The van der Waals surface area contributed by atoms with Gasteiger partial charge in [0.15, 0.2) is 11.6 Å². The van der Waals surface area contributed by atoms with Gasteiger partial charge in [0.2, 0.25) is 5.88 Å². The fraction of sp³-hybridized carbons (Fsp3) is 0.214. The lowest BCUT2D eigenvalue weighted by atomic mass is 10.1. The molecule has 1 heterocycles. The molecule has 100 valence electrons. The van der Waals surface area contributed by atoms with Crippen LogP contribution >= 0.6 is 0 Å². The number of halogens is 2. The van der Waals surface area contributed by atoms with Crippen molar-refractivity contribution < 1.29 is 13.5 Å². The summed E-state index contributed by atoms with van der Waals surface area (Å²) in [4.78, 5) is 4.13. The van der Waals surface area contributed by atoms with E-state index < -0.39 is 11.6 Å². The molecule has 1 aromatic carbocycles. The van der Waals surface area contributed by atoms with Crippen LogP contribution in [0.15, 0.2) is 30.5 Å². The van der Waals surface area contributed by atoms with Crippen LogP contribution in [-0.4, -0.2) is 4.98 Å². The van der Waals surface area contributed by atoms with E-state index in [0.717, 1.165) is 23.3 Å². The molecule has 2 N–H and O–H groups in total. The lowest BCUT2D eigenvalue weighted by molar-refractivity contribution is 0.444. The van der Waals surface area contributed by atoms with Gasteiger partial charge in [-0.2, -0.15) is 0 Å². The number of ether oxygens (including phenoxy) is 1. The molecular weight excluding hydrogens is 250 g/mol. The van der Waals surface area contributed by atoms with Crippen molar-refractivity contribution in [3.63, 3.8) is 0 Å². The van der Waals surface area contributed by atoms with Gasteiger partial charge in [-0.25, -0.2) is 13.8 Å². The number of hydrogen-bond donors (Lipinski definition) is 1. The highest BCUT2D eigenvalue weighted by Gasteiger charge is 2.09. The minimum absolute atomic E-state index is 0.122. The molecule has 3 nitrogen and oxygen atoms in total. The summed E-state index contributed by atoms with van der Waals surface area (Å²) in [5.41, 5.74) is 7.41. The molecule has 0 radical (unpaired) electrons. The van der Waals surface area contributed by atoms with Gasteiger partial charge >= 0.3 is 0 Å². The normalized spacial score (nSPS) is 12.3. The Balaban J connectivity index is 2.25. The number of pyridine rings is 1. The van der Waals surface area contributed by atoms with Gasteiger partial charge in [-0.05, 0) is 37.6 Å². The Morgan fingerprint density at radius 3 is 2.53 bits per heavy atom. The van der Waals surface area contributed by atoms with Crippen LogP contribution < -0.4 is 10.5 Å². The third kappa shape index (κ3) is 3.06. The fourth-order valence-electron chi connectivity index (χ4n) is 1.59. The molecule has 5 heteroatoms. The van der Waals surface area contributed by atoms with Crippen LogP contribution in [0.2, 0.25) is 0 Å². The van der Waals surface area contributed by atoms with Crippen LogP contribution in [0.25, 0.3) is 0 Å². The quantitative estimate of drug-likeness (QED) is 0.923. The van der Waals surface area contributed by atoms with Gasteiger partial charge in [0.05, 0.1) is 0 Å². The molecule has 0 bridgehead atoms. The van der Waals surface area contributed by atoms with E-state index in [9.17, 15) is 8.78 Å². The van der Waals surface area contributed by atoms with Gasteiger partial charge in [-0.1, -0.05) is 0 Å². The van der Waals surface area contributed by atoms with E-state index in [1.165, 1.54) is 6.07 Å². The highest BCUT2D eigenvalue weighted by Crippen LogP contribution is 2.25. The maximum absolute atomic E-state index is 13.1. The Kier molecular flexibility index (Phi) is 3.76. The highest BCUT2D eigenvalue weighted by molar-refractivity contribution is 5.34. The van der Waals surface area contributed by atoms with Crippen molar-refractivity contribution in [2.45, 2.75) is 19.9 Å². The summed E-state index contributed by atoms with van der Waals surface area (Å²) in [7, 11) is 0. The van der Waals surface area contributed by atoms with E-state index >= 15 is 0 Å². The first-order valence-electron chi connectivity index (χ1n) is 5.82. The van der Waals surface area contributed by atoms with Crippen LogP contribution in [0.4, 0.5) is 8.78 Å². The van der Waals surface area contributed by atoms with Crippen molar-refractivity contribution in [1.82, 2.24) is 4.98 Å². The second kappa shape index (κ2) is 5.32. The molecule has 1 atom stereocenters. The first-order chi connectivity index (χ1) is 8.97. The molecule has 0 amide bonds. The number of nitrogens with two attached hydrogens (primary N) is 1. The molecule has 2 rings (SSSR count). The van der Waals surface area contributed by atoms with E-state index in [1.54, 1.807) is 6.20 Å². The van der Waals surface area contributed by atoms with Gasteiger partial charge in [0.25, 0.3) is 0 Å². The van der Waals surface area contributed by atoms with E-state index in [-0.39, 0.29) is 11.8 Å². The summed E-state index contributed by atoms with van der Waals surface area (Å²) in [6.07, 6.45) is 1.60. The minimum Gasteiger partial charge on any atom is -0.439 e. The summed E-state index contributed by atoms with van der Waals surface area (Å²) >= 11 is 0. The number of benzene rings is 1. The summed E-state index contributed by atoms with van der Waals surface area (Å²) < 4.78 is 31.3. The van der Waals surface area contributed by atoms with Crippen molar-refractivity contribution >= 4 is 0 Å². The Morgan fingerprint density at radius 1 is 1.21 bits per heavy atom. The van der Waals surface area contributed by atoms with Gasteiger partial charge in [0.1, 0.15) is 5.75 Å². The van der Waals surface area contributed by atoms with Gasteiger partial charge in [-0.15, -0.1) is 0 Å². The molecule has 0 spiro atoms. The summed E-state index contributed by atoms with van der Waals surface area (Å²) in [6.45, 7) is 3.67. The lowest BCUT2D eigenvalue weighted by Crippen LogP contribution is -2.06. The van der Waals surface area contributed by atoms with Gasteiger partial charge < -0.3 is 10.5 Å². The van der Waals surface area contributed by atoms with Crippen LogP contribution in [0, 0.1) is 18.6 Å². The Morgan fingerprint density at radius 2 is 1.95 bits per heavy atom. The predicted molar refractivity (Wildman–Crippen MR) is 68.0 cm³/mol. The van der Waals surface area contributed by atoms with Crippen LogP contribution in [0.3, 0.4) is 0 Å². The number of hydrogen-bond acceptors (Lipinski definition) is 3. The zero-order valence-corrected chi connectivity index (χ0v) is 10.7. The SMILES string of the molecule is Cc1cc(C(C)N)cnc1Oc1ccc(F)c(F)c1. The molecule has 19 heavy (non-hydrogen) atoms. The lowest BCUT2D eigenvalue weighted by Gasteiger charge is -2.11. The van der Waals surface area contributed by atoms with Crippen molar-refractivity contribution in [3.8, 4) is 11.6 Å². The summed E-state index contributed by atoms with van der Waals surface area (Å²) in [5.74, 6) is -1.33. The third-order valence-electron chi connectivity index (χ3n) is 2.68. The van der Waals surface area contributed by atoms with Gasteiger partial charge in [-0.3, -0.25) is 0 Å². The molecule has 1 aromatic heterocycles. The fourth-order valence-corrected chi connectivity index (χ4v) is 1.59.